The minimum absolute atomic E-state index is 0. The van der Waals surface area contributed by atoms with Gasteiger partial charge in [0, 0.05) is 22.2 Å². The number of nitrogens with zero attached hydrogens (tertiary/aromatic N) is 2. The van der Waals surface area contributed by atoms with Gasteiger partial charge in [-0.25, -0.2) is 8.78 Å². The Hall–Kier alpha value is -0.517. The van der Waals surface area contributed by atoms with E-state index in [4.69, 9.17) is 0 Å². The molecule has 0 unspecified atom stereocenters. The van der Waals surface area contributed by atoms with Gasteiger partial charge in [0.05, 0.1) is 11.0 Å². The van der Waals surface area contributed by atoms with Crippen LogP contribution in [0.15, 0.2) is 60.7 Å². The van der Waals surface area contributed by atoms with Crippen LogP contribution in [0.1, 0.15) is 11.4 Å². The Balaban J connectivity index is -0.000000119. The number of hydrogen-bond donors (Lipinski definition) is 0. The molecule has 0 aliphatic rings. The molecule has 2 aromatic carbocycles. The molecule has 0 saturated heterocycles. The summed E-state index contributed by atoms with van der Waals surface area (Å²) in [7, 11) is 0. The zero-order valence-corrected chi connectivity index (χ0v) is 24.1. The molecule has 4 rings (SSSR count). The van der Waals surface area contributed by atoms with Crippen LogP contribution in [0, 0.1) is 25.5 Å². The van der Waals surface area contributed by atoms with E-state index in [1.165, 1.54) is 24.3 Å². The smallest absolute Gasteiger partial charge is 1.00 e. The monoisotopic (exact) mass is 598 g/mol. The third kappa shape index (κ3) is 11.8. The first kappa shape index (κ1) is 40.8. The molecule has 2 aromatic heterocycles. The predicted octanol–water partition coefficient (Wildman–Crippen LogP) is -5.78. The molecule has 0 amide bonds. The summed E-state index contributed by atoms with van der Waals surface area (Å²) in [6.45, 7) is 3.84. The van der Waals surface area contributed by atoms with Crippen LogP contribution in [0.3, 0.4) is 0 Å². The van der Waals surface area contributed by atoms with E-state index < -0.39 is 0 Å². The van der Waals surface area contributed by atoms with Crippen LogP contribution < -0.4 is 49.6 Å². The van der Waals surface area contributed by atoms with Gasteiger partial charge in [-0.3, -0.25) is 9.97 Å². The van der Waals surface area contributed by atoms with E-state index in [0.29, 0.717) is 0 Å². The number of rotatable bonds is 0. The van der Waals surface area contributed by atoms with Gasteiger partial charge in [-0.05, 0) is 62.4 Å². The van der Waals surface area contributed by atoms with Crippen LogP contribution in [0.25, 0.3) is 21.8 Å². The number of halogens is 8. The van der Waals surface area contributed by atoms with E-state index in [0.717, 1.165) is 33.2 Å². The van der Waals surface area contributed by atoms with Crippen molar-refractivity contribution in [3.63, 3.8) is 0 Å². The fourth-order valence-electron chi connectivity index (χ4n) is 2.40. The Morgan fingerprint density at radius 1 is 0.548 bits per heavy atom. The SMILES string of the molecule is Cc1ccc2cc(F)ccc2n1.Cc1ccc2cc(F)ccc2n1.Cl.Cl.[Cl-].[Cl-].[Cl-].[Cl-].[Zn+2]. The standard InChI is InChI=1S/2C10H8FN.6ClH.Zn/c2*1-7-2-3-8-6-9(11)4-5-10(8)12-7;;;;;;;/h2*2-6H,1H3;6*1H;/q;;;;;;;;+2/p-4. The van der Waals surface area contributed by atoms with Crippen molar-refractivity contribution in [2.24, 2.45) is 0 Å². The number of pyridine rings is 2. The minimum Gasteiger partial charge on any atom is -1.00 e. The maximum Gasteiger partial charge on any atom is 2.00 e. The summed E-state index contributed by atoms with van der Waals surface area (Å²) in [6.07, 6.45) is 0. The van der Waals surface area contributed by atoms with Crippen molar-refractivity contribution in [1.82, 2.24) is 9.97 Å². The molecule has 2 heterocycles. The van der Waals surface area contributed by atoms with Gasteiger partial charge in [0.2, 0.25) is 0 Å². The van der Waals surface area contributed by atoms with E-state index in [2.05, 4.69) is 9.97 Å². The van der Waals surface area contributed by atoms with Gasteiger partial charge < -0.3 is 49.6 Å². The molecule has 2 nitrogen and oxygen atoms in total. The number of aryl methyl sites for hydroxylation is 2. The van der Waals surface area contributed by atoms with Crippen molar-refractivity contribution in [1.29, 1.82) is 0 Å². The number of aromatic nitrogens is 2. The summed E-state index contributed by atoms with van der Waals surface area (Å²) in [5, 5.41) is 1.70. The summed E-state index contributed by atoms with van der Waals surface area (Å²) in [5.41, 5.74) is 3.59. The van der Waals surface area contributed by atoms with Gasteiger partial charge in [-0.1, -0.05) is 12.1 Å². The van der Waals surface area contributed by atoms with E-state index in [9.17, 15) is 8.78 Å². The van der Waals surface area contributed by atoms with Crippen LogP contribution in [0.5, 0.6) is 0 Å². The normalized spacial score (nSPS) is 8.13. The van der Waals surface area contributed by atoms with Crippen LogP contribution in [0.4, 0.5) is 8.78 Å². The molecule has 168 valence electrons. The molecular weight excluding hydrogens is 584 g/mol. The second-order valence-corrected chi connectivity index (χ2v) is 5.58. The number of hydrogen-bond acceptors (Lipinski definition) is 2. The minimum atomic E-state index is -0.215. The molecule has 0 atom stereocenters. The Kier molecular flexibility index (Phi) is 25.0. The average molecular weight is 602 g/mol. The molecule has 0 N–H and O–H groups in total. The third-order valence-electron chi connectivity index (χ3n) is 3.58. The molecule has 0 aliphatic carbocycles. The van der Waals surface area contributed by atoms with Gasteiger partial charge in [-0.2, -0.15) is 0 Å². The van der Waals surface area contributed by atoms with Crippen LogP contribution in [-0.4, -0.2) is 9.97 Å². The van der Waals surface area contributed by atoms with Gasteiger partial charge in [0.1, 0.15) is 11.6 Å². The zero-order valence-electron chi connectivity index (χ0n) is 16.5. The summed E-state index contributed by atoms with van der Waals surface area (Å²) in [4.78, 5) is 8.50. The largest absolute Gasteiger partial charge is 2.00 e. The summed E-state index contributed by atoms with van der Waals surface area (Å²) in [5.74, 6) is -0.429. The number of benzene rings is 2. The summed E-state index contributed by atoms with van der Waals surface area (Å²) in [6, 6.07) is 16.7. The maximum absolute atomic E-state index is 12.7. The summed E-state index contributed by atoms with van der Waals surface area (Å²) >= 11 is 0. The Morgan fingerprint density at radius 3 is 1.19 bits per heavy atom. The maximum atomic E-state index is 12.7. The van der Waals surface area contributed by atoms with E-state index in [-0.39, 0.29) is 106 Å². The Labute approximate surface area is 230 Å². The topological polar surface area (TPSA) is 25.8 Å². The van der Waals surface area contributed by atoms with Crippen LogP contribution >= 0.6 is 24.8 Å². The number of fused-ring (bicyclic) bond motifs is 2. The average Bonchev–Trinajstić information content (AvgIpc) is 2.56. The first-order chi connectivity index (χ1) is 11.5. The third-order valence-corrected chi connectivity index (χ3v) is 3.58. The van der Waals surface area contributed by atoms with Crippen molar-refractivity contribution in [3.05, 3.63) is 83.7 Å². The van der Waals surface area contributed by atoms with E-state index in [1.54, 1.807) is 12.1 Å². The van der Waals surface area contributed by atoms with Gasteiger partial charge in [0.25, 0.3) is 0 Å². The molecule has 4 aromatic rings. The Morgan fingerprint density at radius 2 is 0.871 bits per heavy atom. The van der Waals surface area contributed by atoms with Gasteiger partial charge >= 0.3 is 19.5 Å². The first-order valence-corrected chi connectivity index (χ1v) is 7.57. The molecule has 0 aliphatic heterocycles. The van der Waals surface area contributed by atoms with Crippen molar-refractivity contribution in [2.45, 2.75) is 13.8 Å². The fourth-order valence-corrected chi connectivity index (χ4v) is 2.40. The van der Waals surface area contributed by atoms with Crippen molar-refractivity contribution in [3.8, 4) is 0 Å². The van der Waals surface area contributed by atoms with Gasteiger partial charge in [-0.15, -0.1) is 24.8 Å². The van der Waals surface area contributed by atoms with Crippen LogP contribution in [0.2, 0.25) is 0 Å². The van der Waals surface area contributed by atoms with Crippen molar-refractivity contribution >= 4 is 46.6 Å². The van der Waals surface area contributed by atoms with Crippen molar-refractivity contribution < 1.29 is 77.9 Å². The first-order valence-electron chi connectivity index (χ1n) is 7.57. The van der Waals surface area contributed by atoms with E-state index >= 15 is 0 Å². The van der Waals surface area contributed by atoms with Gasteiger partial charge in [0.15, 0.2) is 0 Å². The Bertz CT molecular complexity index is 875. The zero-order chi connectivity index (χ0) is 17.1. The fraction of sp³-hybridized carbons (Fsp3) is 0.100. The predicted molar refractivity (Wildman–Crippen MR) is 107 cm³/mol. The van der Waals surface area contributed by atoms with Crippen molar-refractivity contribution in [2.75, 3.05) is 0 Å². The molecule has 0 fully saturated rings. The van der Waals surface area contributed by atoms with E-state index in [1.807, 2.05) is 38.1 Å². The molecule has 11 heteroatoms. The summed E-state index contributed by atoms with van der Waals surface area (Å²) < 4.78 is 25.4. The molecule has 0 spiro atoms. The molecular formula is C20H18Cl6F2N2Zn-2. The molecule has 0 bridgehead atoms. The quantitative estimate of drug-likeness (QED) is 0.188. The van der Waals surface area contributed by atoms with Crippen LogP contribution in [-0.2, 0) is 19.5 Å². The molecule has 0 saturated carbocycles. The molecule has 31 heavy (non-hydrogen) atoms. The second kappa shape index (κ2) is 19.0. The molecule has 0 radical (unpaired) electrons. The second-order valence-electron chi connectivity index (χ2n) is 5.58.